The van der Waals surface area contributed by atoms with Crippen LogP contribution >= 0.6 is 0 Å². The summed E-state index contributed by atoms with van der Waals surface area (Å²) in [5, 5.41) is 0. The van der Waals surface area contributed by atoms with Crippen LogP contribution in [0.5, 0.6) is 0 Å². The molecule has 0 N–H and O–H groups in total. The third-order valence-electron chi connectivity index (χ3n) is 4.49. The molecule has 19 heavy (non-hydrogen) atoms. The first-order chi connectivity index (χ1) is 9.12. The molecule has 0 amide bonds. The largest absolute Gasteiger partial charge is 0.385 e. The lowest BCUT2D eigenvalue weighted by atomic mass is 9.84. The minimum atomic E-state index is -0.0922. The predicted molar refractivity (Wildman–Crippen MR) is 83.8 cm³/mol. The van der Waals surface area contributed by atoms with E-state index in [0.29, 0.717) is 5.54 Å². The first kappa shape index (κ1) is 17.0. The van der Waals surface area contributed by atoms with Gasteiger partial charge in [0.2, 0.25) is 0 Å². The van der Waals surface area contributed by atoms with Crippen LogP contribution in [0, 0.1) is 0 Å². The Bertz CT molecular complexity index is 225. The Balaban J connectivity index is 2.54. The molecule has 0 spiro atoms. The maximum atomic E-state index is 5.97. The van der Waals surface area contributed by atoms with Gasteiger partial charge in [-0.1, -0.05) is 52.4 Å². The first-order valence-corrected chi connectivity index (χ1v) is 8.24. The van der Waals surface area contributed by atoms with E-state index >= 15 is 0 Å². The summed E-state index contributed by atoms with van der Waals surface area (Å²) < 4.78 is 5.49. The summed E-state index contributed by atoms with van der Waals surface area (Å²) in [6.45, 7) is 9.73. The van der Waals surface area contributed by atoms with Crippen LogP contribution < -0.4 is 0 Å². The second-order valence-corrected chi connectivity index (χ2v) is 6.27. The van der Waals surface area contributed by atoms with Gasteiger partial charge in [-0.2, -0.15) is 0 Å². The zero-order chi connectivity index (χ0) is 14.1. The fraction of sp³-hybridized carbons (Fsp3) is 1.00. The first-order valence-electron chi connectivity index (χ1n) is 8.24. The molecule has 1 atom stereocenters. The van der Waals surface area contributed by atoms with Crippen molar-refractivity contribution in [3.63, 3.8) is 0 Å². The van der Waals surface area contributed by atoms with Crippen molar-refractivity contribution in [3.8, 4) is 0 Å². The number of nitrogens with zero attached hydrogens (tertiary/aromatic N) is 1. The topological polar surface area (TPSA) is 12.5 Å². The molecule has 2 radical (unpaired) electrons. The van der Waals surface area contributed by atoms with E-state index in [9.17, 15) is 0 Å². The van der Waals surface area contributed by atoms with Crippen LogP contribution in [0.15, 0.2) is 0 Å². The van der Waals surface area contributed by atoms with Gasteiger partial charge >= 0.3 is 0 Å². The van der Waals surface area contributed by atoms with Gasteiger partial charge in [-0.3, -0.25) is 4.90 Å². The van der Waals surface area contributed by atoms with E-state index in [-0.39, 0.29) is 6.00 Å². The zero-order valence-electron chi connectivity index (χ0n) is 13.3. The highest BCUT2D eigenvalue weighted by Gasteiger charge is 2.33. The van der Waals surface area contributed by atoms with Gasteiger partial charge in [0.15, 0.2) is 0 Å². The maximum Gasteiger partial charge on any atom is 0.110 e. The number of unbranched alkanes of at least 4 members (excludes halogenated alkanes) is 4. The van der Waals surface area contributed by atoms with Crippen molar-refractivity contribution in [1.82, 2.24) is 4.90 Å². The van der Waals surface area contributed by atoms with Gasteiger partial charge in [0, 0.05) is 24.6 Å². The van der Waals surface area contributed by atoms with Crippen LogP contribution in [0.2, 0.25) is 0 Å². The van der Waals surface area contributed by atoms with Gasteiger partial charge < -0.3 is 4.74 Å². The van der Waals surface area contributed by atoms with Gasteiger partial charge in [-0.05, 0) is 19.8 Å². The Morgan fingerprint density at radius 2 is 1.68 bits per heavy atom. The second kappa shape index (κ2) is 9.02. The van der Waals surface area contributed by atoms with Gasteiger partial charge in [-0.25, -0.2) is 0 Å². The Morgan fingerprint density at radius 1 is 1.11 bits per heavy atom. The number of ether oxygens (including phenoxy) is 1. The van der Waals surface area contributed by atoms with Crippen molar-refractivity contribution in [2.75, 3.05) is 19.7 Å². The molecule has 1 fully saturated rings. The monoisotopic (exact) mass is 265 g/mol. The molecule has 1 aliphatic heterocycles. The SMILES string of the molecule is [B]C1CN(C(C)(CCCCC)CCCCC)CCO1. The number of hydrogen-bond acceptors (Lipinski definition) is 2. The summed E-state index contributed by atoms with van der Waals surface area (Å²) in [5.41, 5.74) is 0.325. The van der Waals surface area contributed by atoms with Gasteiger partial charge in [0.25, 0.3) is 0 Å². The van der Waals surface area contributed by atoms with E-state index in [4.69, 9.17) is 12.6 Å². The third-order valence-corrected chi connectivity index (χ3v) is 4.49. The van der Waals surface area contributed by atoms with Crippen molar-refractivity contribution in [1.29, 1.82) is 0 Å². The molecule has 0 aromatic carbocycles. The fourth-order valence-electron chi connectivity index (χ4n) is 3.12. The van der Waals surface area contributed by atoms with E-state index < -0.39 is 0 Å². The Labute approximate surface area is 121 Å². The lowest BCUT2D eigenvalue weighted by Crippen LogP contribution is -2.54. The second-order valence-electron chi connectivity index (χ2n) is 6.27. The summed E-state index contributed by atoms with van der Waals surface area (Å²) in [4.78, 5) is 2.59. The van der Waals surface area contributed by atoms with E-state index in [1.807, 2.05) is 0 Å². The van der Waals surface area contributed by atoms with Gasteiger partial charge in [0.1, 0.15) is 7.85 Å². The summed E-state index contributed by atoms with van der Waals surface area (Å²) >= 11 is 0. The highest BCUT2D eigenvalue weighted by atomic mass is 16.5. The molecule has 0 saturated carbocycles. The molecule has 1 rings (SSSR count). The number of hydrogen-bond donors (Lipinski definition) is 0. The van der Waals surface area contributed by atoms with E-state index in [0.717, 1.165) is 19.7 Å². The Morgan fingerprint density at radius 3 is 2.16 bits per heavy atom. The molecule has 0 aliphatic carbocycles. The Kier molecular flexibility index (Phi) is 8.09. The van der Waals surface area contributed by atoms with Crippen LogP contribution in [0.25, 0.3) is 0 Å². The van der Waals surface area contributed by atoms with Crippen LogP contribution in [0.1, 0.15) is 72.1 Å². The molecule has 0 aromatic rings. The predicted octanol–water partition coefficient (Wildman–Crippen LogP) is 3.73. The summed E-state index contributed by atoms with van der Waals surface area (Å²) in [7, 11) is 5.97. The van der Waals surface area contributed by atoms with Crippen LogP contribution in [0.3, 0.4) is 0 Å². The van der Waals surface area contributed by atoms with Crippen LogP contribution in [-0.2, 0) is 4.74 Å². The number of morpholine rings is 1. The average molecular weight is 265 g/mol. The summed E-state index contributed by atoms with van der Waals surface area (Å²) in [6.07, 6.45) is 10.6. The molecule has 2 nitrogen and oxygen atoms in total. The van der Waals surface area contributed by atoms with Crippen LogP contribution in [0.4, 0.5) is 0 Å². The molecule has 110 valence electrons. The minimum absolute atomic E-state index is 0.0922. The standard InChI is InChI=1S/C16H32BNO/c1-4-6-8-10-16(3,11-9-7-5-2)18-12-13-19-15(17)14-18/h15H,4-14H2,1-3H3. The molecule has 0 bridgehead atoms. The summed E-state index contributed by atoms with van der Waals surface area (Å²) in [5.74, 6) is 0. The lowest BCUT2D eigenvalue weighted by molar-refractivity contribution is -0.0409. The average Bonchev–Trinajstić information content (AvgIpc) is 2.39. The molecule has 1 saturated heterocycles. The van der Waals surface area contributed by atoms with Crippen molar-refractivity contribution in [2.45, 2.75) is 83.7 Å². The molecular formula is C16H32BNO. The fourth-order valence-corrected chi connectivity index (χ4v) is 3.12. The van der Waals surface area contributed by atoms with Gasteiger partial charge in [-0.15, -0.1) is 0 Å². The smallest absolute Gasteiger partial charge is 0.110 e. The maximum absolute atomic E-state index is 5.97. The third kappa shape index (κ3) is 5.87. The molecule has 1 unspecified atom stereocenters. The zero-order valence-corrected chi connectivity index (χ0v) is 13.3. The van der Waals surface area contributed by atoms with Crippen molar-refractivity contribution in [2.24, 2.45) is 0 Å². The molecular weight excluding hydrogens is 233 g/mol. The Hall–Kier alpha value is -0.0151. The van der Waals surface area contributed by atoms with Crippen LogP contribution in [-0.4, -0.2) is 44.0 Å². The molecule has 3 heteroatoms. The van der Waals surface area contributed by atoms with E-state index in [1.165, 1.54) is 51.4 Å². The molecule has 1 heterocycles. The van der Waals surface area contributed by atoms with Crippen molar-refractivity contribution < 1.29 is 4.74 Å². The normalized spacial score (nSPS) is 21.7. The van der Waals surface area contributed by atoms with E-state index in [1.54, 1.807) is 0 Å². The van der Waals surface area contributed by atoms with E-state index in [2.05, 4.69) is 25.7 Å². The summed E-state index contributed by atoms with van der Waals surface area (Å²) in [6, 6.07) is -0.0922. The molecule has 0 aromatic heterocycles. The highest BCUT2D eigenvalue weighted by Crippen LogP contribution is 2.30. The molecule has 1 aliphatic rings. The van der Waals surface area contributed by atoms with Crippen molar-refractivity contribution in [3.05, 3.63) is 0 Å². The quantitative estimate of drug-likeness (QED) is 0.465. The lowest BCUT2D eigenvalue weighted by Gasteiger charge is -2.46. The van der Waals surface area contributed by atoms with Crippen molar-refractivity contribution >= 4 is 7.85 Å². The number of rotatable bonds is 9. The highest BCUT2D eigenvalue weighted by molar-refractivity contribution is 6.11. The minimum Gasteiger partial charge on any atom is -0.385 e. The van der Waals surface area contributed by atoms with Gasteiger partial charge in [0.05, 0.1) is 6.61 Å².